The average molecular weight is 299 g/mol. The van der Waals surface area contributed by atoms with Crippen LogP contribution < -0.4 is 10.6 Å². The van der Waals surface area contributed by atoms with Crippen molar-refractivity contribution in [1.29, 1.82) is 0 Å². The molecule has 0 unspecified atom stereocenters. The number of benzene rings is 1. The van der Waals surface area contributed by atoms with Gasteiger partial charge in [0.1, 0.15) is 0 Å². The van der Waals surface area contributed by atoms with Gasteiger partial charge in [-0.25, -0.2) is 0 Å². The first-order valence-corrected chi connectivity index (χ1v) is 7.33. The molecule has 0 aliphatic rings. The lowest BCUT2D eigenvalue weighted by atomic mass is 10.3. The third-order valence-electron chi connectivity index (χ3n) is 2.61. The number of ether oxygens (including phenoxy) is 1. The van der Waals surface area contributed by atoms with Crippen molar-refractivity contribution in [3.8, 4) is 0 Å². The Balaban J connectivity index is 2.04. The van der Waals surface area contributed by atoms with Gasteiger partial charge in [0.05, 0.1) is 12.6 Å². The standard InChI is InChI=1S/C15H23ClN2O2/c1-12(2)20-10-4-3-9-17-11-15(19)18-14-7-5-13(16)6-8-14/h5-8,12,17H,3-4,9-11H2,1-2H3,(H,18,19). The number of carbonyl (C=O) groups is 1. The number of hydrogen-bond donors (Lipinski definition) is 2. The molecule has 20 heavy (non-hydrogen) atoms. The van der Waals surface area contributed by atoms with Crippen molar-refractivity contribution >= 4 is 23.2 Å². The highest BCUT2D eigenvalue weighted by atomic mass is 35.5. The zero-order valence-corrected chi connectivity index (χ0v) is 12.9. The Hall–Kier alpha value is -1.10. The Morgan fingerprint density at radius 2 is 1.95 bits per heavy atom. The van der Waals surface area contributed by atoms with Crippen LogP contribution in [0.1, 0.15) is 26.7 Å². The minimum atomic E-state index is -0.0502. The van der Waals surface area contributed by atoms with Crippen LogP contribution in [0.2, 0.25) is 5.02 Å². The second kappa shape index (κ2) is 9.75. The van der Waals surface area contributed by atoms with Crippen LogP contribution in [0, 0.1) is 0 Å². The van der Waals surface area contributed by atoms with Crippen molar-refractivity contribution in [3.63, 3.8) is 0 Å². The van der Waals surface area contributed by atoms with Gasteiger partial charge in [0, 0.05) is 17.3 Å². The largest absolute Gasteiger partial charge is 0.379 e. The summed E-state index contributed by atoms with van der Waals surface area (Å²) in [7, 11) is 0. The topological polar surface area (TPSA) is 50.4 Å². The predicted octanol–water partition coefficient (Wildman–Crippen LogP) is 3.07. The maximum Gasteiger partial charge on any atom is 0.238 e. The van der Waals surface area contributed by atoms with Crippen LogP contribution in [0.15, 0.2) is 24.3 Å². The Bertz CT molecular complexity index is 393. The van der Waals surface area contributed by atoms with Crippen LogP contribution in [0.3, 0.4) is 0 Å². The van der Waals surface area contributed by atoms with Crippen LogP contribution in [0.5, 0.6) is 0 Å². The molecule has 1 aromatic carbocycles. The normalized spacial score (nSPS) is 10.8. The molecule has 0 spiro atoms. The minimum absolute atomic E-state index is 0.0502. The summed E-state index contributed by atoms with van der Waals surface area (Å²) < 4.78 is 5.44. The zero-order valence-electron chi connectivity index (χ0n) is 12.1. The lowest BCUT2D eigenvalue weighted by molar-refractivity contribution is -0.115. The summed E-state index contributed by atoms with van der Waals surface area (Å²) in [6.07, 6.45) is 2.29. The van der Waals surface area contributed by atoms with Gasteiger partial charge in [0.25, 0.3) is 0 Å². The number of halogens is 1. The SMILES string of the molecule is CC(C)OCCCCNCC(=O)Nc1ccc(Cl)cc1. The van der Waals surface area contributed by atoms with Crippen molar-refractivity contribution in [3.05, 3.63) is 29.3 Å². The molecule has 0 saturated carbocycles. The van der Waals surface area contributed by atoms with E-state index in [2.05, 4.69) is 10.6 Å². The minimum Gasteiger partial charge on any atom is -0.379 e. The summed E-state index contributed by atoms with van der Waals surface area (Å²) in [5.74, 6) is -0.0502. The molecule has 112 valence electrons. The molecule has 0 saturated heterocycles. The number of hydrogen-bond acceptors (Lipinski definition) is 3. The van der Waals surface area contributed by atoms with Crippen LogP contribution >= 0.6 is 11.6 Å². The van der Waals surface area contributed by atoms with Gasteiger partial charge in [-0.1, -0.05) is 11.6 Å². The molecular formula is C15H23ClN2O2. The quantitative estimate of drug-likeness (QED) is 0.689. The number of anilines is 1. The van der Waals surface area contributed by atoms with E-state index in [1.54, 1.807) is 24.3 Å². The summed E-state index contributed by atoms with van der Waals surface area (Å²) in [6.45, 7) is 5.96. The molecule has 1 aromatic rings. The van der Waals surface area contributed by atoms with E-state index in [1.165, 1.54) is 0 Å². The van der Waals surface area contributed by atoms with Crippen molar-refractivity contribution in [2.75, 3.05) is 25.0 Å². The fraction of sp³-hybridized carbons (Fsp3) is 0.533. The van der Waals surface area contributed by atoms with E-state index in [4.69, 9.17) is 16.3 Å². The van der Waals surface area contributed by atoms with Gasteiger partial charge in [-0.05, 0) is 57.5 Å². The summed E-state index contributed by atoms with van der Waals surface area (Å²) in [5.41, 5.74) is 0.756. The van der Waals surface area contributed by atoms with Gasteiger partial charge >= 0.3 is 0 Å². The first-order valence-electron chi connectivity index (χ1n) is 6.95. The molecule has 0 heterocycles. The van der Waals surface area contributed by atoms with Gasteiger partial charge in [-0.15, -0.1) is 0 Å². The molecule has 1 rings (SSSR count). The molecule has 0 fully saturated rings. The first kappa shape index (κ1) is 17.0. The fourth-order valence-electron chi connectivity index (χ4n) is 1.61. The molecule has 0 atom stereocenters. The maximum atomic E-state index is 11.6. The molecule has 0 aliphatic heterocycles. The smallest absolute Gasteiger partial charge is 0.238 e. The summed E-state index contributed by atoms with van der Waals surface area (Å²) in [4.78, 5) is 11.6. The highest BCUT2D eigenvalue weighted by molar-refractivity contribution is 6.30. The maximum absolute atomic E-state index is 11.6. The highest BCUT2D eigenvalue weighted by Crippen LogP contribution is 2.12. The molecule has 1 amide bonds. The molecule has 0 aliphatic carbocycles. The van der Waals surface area contributed by atoms with Crippen molar-refractivity contribution in [1.82, 2.24) is 5.32 Å². The number of amides is 1. The number of carbonyl (C=O) groups excluding carboxylic acids is 1. The van der Waals surface area contributed by atoms with Gasteiger partial charge < -0.3 is 15.4 Å². The van der Waals surface area contributed by atoms with E-state index >= 15 is 0 Å². The van der Waals surface area contributed by atoms with E-state index in [0.29, 0.717) is 11.6 Å². The number of rotatable bonds is 9. The van der Waals surface area contributed by atoms with E-state index in [9.17, 15) is 4.79 Å². The van der Waals surface area contributed by atoms with E-state index < -0.39 is 0 Å². The molecule has 5 heteroatoms. The van der Waals surface area contributed by atoms with Crippen molar-refractivity contribution < 1.29 is 9.53 Å². The fourth-order valence-corrected chi connectivity index (χ4v) is 1.74. The van der Waals surface area contributed by atoms with E-state index in [-0.39, 0.29) is 12.0 Å². The summed E-state index contributed by atoms with van der Waals surface area (Å²) in [6, 6.07) is 7.06. The Kier molecular flexibility index (Phi) is 8.26. The Labute approximate surface area is 125 Å². The van der Waals surface area contributed by atoms with Gasteiger partial charge in [0.2, 0.25) is 5.91 Å². The Morgan fingerprint density at radius 3 is 2.60 bits per heavy atom. The molecule has 4 nitrogen and oxygen atoms in total. The second-order valence-corrected chi connectivity index (χ2v) is 5.29. The molecule has 0 aromatic heterocycles. The van der Waals surface area contributed by atoms with Crippen LogP contribution in [0.25, 0.3) is 0 Å². The summed E-state index contributed by atoms with van der Waals surface area (Å²) >= 11 is 5.78. The average Bonchev–Trinajstić information content (AvgIpc) is 2.40. The first-order chi connectivity index (χ1) is 9.58. The van der Waals surface area contributed by atoms with Crippen LogP contribution in [0.4, 0.5) is 5.69 Å². The molecule has 0 bridgehead atoms. The van der Waals surface area contributed by atoms with Crippen LogP contribution in [-0.2, 0) is 9.53 Å². The van der Waals surface area contributed by atoms with E-state index in [1.807, 2.05) is 13.8 Å². The highest BCUT2D eigenvalue weighted by Gasteiger charge is 2.01. The third-order valence-corrected chi connectivity index (χ3v) is 2.86. The van der Waals surface area contributed by atoms with Gasteiger partial charge in [0.15, 0.2) is 0 Å². The zero-order chi connectivity index (χ0) is 14.8. The predicted molar refractivity (Wildman–Crippen MR) is 83.3 cm³/mol. The lowest BCUT2D eigenvalue weighted by Crippen LogP contribution is -2.28. The molecular weight excluding hydrogens is 276 g/mol. The van der Waals surface area contributed by atoms with Crippen LogP contribution in [-0.4, -0.2) is 31.7 Å². The van der Waals surface area contributed by atoms with Gasteiger partial charge in [-0.2, -0.15) is 0 Å². The van der Waals surface area contributed by atoms with Crippen molar-refractivity contribution in [2.45, 2.75) is 32.8 Å². The molecule has 0 radical (unpaired) electrons. The molecule has 2 N–H and O–H groups in total. The number of unbranched alkanes of at least 4 members (excludes halogenated alkanes) is 1. The van der Waals surface area contributed by atoms with E-state index in [0.717, 1.165) is 31.7 Å². The third kappa shape index (κ3) is 8.15. The summed E-state index contributed by atoms with van der Waals surface area (Å²) in [5, 5.41) is 6.57. The lowest BCUT2D eigenvalue weighted by Gasteiger charge is -2.08. The monoisotopic (exact) mass is 298 g/mol. The Morgan fingerprint density at radius 1 is 1.25 bits per heavy atom. The second-order valence-electron chi connectivity index (χ2n) is 4.86. The van der Waals surface area contributed by atoms with Crippen molar-refractivity contribution in [2.24, 2.45) is 0 Å². The van der Waals surface area contributed by atoms with Gasteiger partial charge in [-0.3, -0.25) is 4.79 Å². The number of nitrogens with one attached hydrogen (secondary N) is 2.